The lowest BCUT2D eigenvalue weighted by atomic mass is 10.1. The molecule has 0 radical (unpaired) electrons. The van der Waals surface area contributed by atoms with Crippen molar-refractivity contribution in [3.8, 4) is 11.8 Å². The molecular weight excluding hydrogens is 186 g/mol. The van der Waals surface area contributed by atoms with Gasteiger partial charge in [-0.3, -0.25) is 0 Å². The Kier molecular flexibility index (Phi) is 2.26. The maximum Gasteiger partial charge on any atom is 0.0995 e. The van der Waals surface area contributed by atoms with Crippen LogP contribution in [0.5, 0.6) is 0 Å². The summed E-state index contributed by atoms with van der Waals surface area (Å²) in [6, 6.07) is 7.90. The second kappa shape index (κ2) is 3.58. The van der Waals surface area contributed by atoms with E-state index in [0.29, 0.717) is 0 Å². The molecule has 0 aliphatic rings. The van der Waals surface area contributed by atoms with E-state index in [1.165, 1.54) is 0 Å². The van der Waals surface area contributed by atoms with Crippen LogP contribution in [0.2, 0.25) is 0 Å². The molecule has 15 heavy (non-hydrogen) atoms. The van der Waals surface area contributed by atoms with Gasteiger partial charge in [-0.2, -0.15) is 5.26 Å². The summed E-state index contributed by atoms with van der Waals surface area (Å²) in [5.41, 5.74) is 3.72. The number of nitriles is 1. The van der Waals surface area contributed by atoms with Crippen LogP contribution in [0.3, 0.4) is 0 Å². The second-order valence-electron chi connectivity index (χ2n) is 3.53. The first-order valence-corrected chi connectivity index (χ1v) is 4.72. The van der Waals surface area contributed by atoms with Gasteiger partial charge >= 0.3 is 0 Å². The fourth-order valence-electron chi connectivity index (χ4n) is 1.50. The van der Waals surface area contributed by atoms with E-state index in [0.717, 1.165) is 22.5 Å². The SMILES string of the molecule is Cc1cn(-c2ccc(C#N)c(C)c2)cn1. The van der Waals surface area contributed by atoms with E-state index in [-0.39, 0.29) is 0 Å². The Labute approximate surface area is 88.6 Å². The van der Waals surface area contributed by atoms with E-state index in [1.807, 2.05) is 42.8 Å². The third kappa shape index (κ3) is 1.75. The van der Waals surface area contributed by atoms with Gasteiger partial charge in [-0.15, -0.1) is 0 Å². The molecule has 0 saturated heterocycles. The Morgan fingerprint density at radius 1 is 1.33 bits per heavy atom. The number of aryl methyl sites for hydroxylation is 2. The number of hydrogen-bond acceptors (Lipinski definition) is 2. The Bertz CT molecular complexity index is 532. The number of nitrogens with zero attached hydrogens (tertiary/aromatic N) is 3. The van der Waals surface area contributed by atoms with E-state index in [1.54, 1.807) is 6.33 Å². The highest BCUT2D eigenvalue weighted by Crippen LogP contribution is 2.14. The lowest BCUT2D eigenvalue weighted by molar-refractivity contribution is 1.05. The fraction of sp³-hybridized carbons (Fsp3) is 0.167. The van der Waals surface area contributed by atoms with E-state index in [4.69, 9.17) is 5.26 Å². The summed E-state index contributed by atoms with van der Waals surface area (Å²) in [6.45, 7) is 3.89. The Balaban J connectivity index is 2.48. The zero-order valence-electron chi connectivity index (χ0n) is 8.73. The average molecular weight is 197 g/mol. The quantitative estimate of drug-likeness (QED) is 0.704. The summed E-state index contributed by atoms with van der Waals surface area (Å²) in [6.07, 6.45) is 3.73. The minimum Gasteiger partial charge on any atom is -0.306 e. The lowest BCUT2D eigenvalue weighted by Gasteiger charge is -2.03. The van der Waals surface area contributed by atoms with E-state index >= 15 is 0 Å². The number of benzene rings is 1. The number of rotatable bonds is 1. The minimum absolute atomic E-state index is 0.718. The molecular formula is C12H11N3. The highest BCUT2D eigenvalue weighted by Gasteiger charge is 2.01. The molecule has 0 bridgehead atoms. The van der Waals surface area contributed by atoms with Crippen LogP contribution < -0.4 is 0 Å². The molecule has 0 N–H and O–H groups in total. The molecule has 2 aromatic rings. The maximum absolute atomic E-state index is 8.81. The van der Waals surface area contributed by atoms with Crippen LogP contribution >= 0.6 is 0 Å². The van der Waals surface area contributed by atoms with E-state index in [9.17, 15) is 0 Å². The first kappa shape index (κ1) is 9.47. The van der Waals surface area contributed by atoms with Gasteiger partial charge in [0, 0.05) is 11.9 Å². The summed E-state index contributed by atoms with van der Waals surface area (Å²) in [7, 11) is 0. The topological polar surface area (TPSA) is 41.6 Å². The van der Waals surface area contributed by atoms with Crippen LogP contribution in [-0.2, 0) is 0 Å². The first-order chi connectivity index (χ1) is 7.20. The predicted octanol–water partition coefficient (Wildman–Crippen LogP) is 2.36. The molecule has 3 nitrogen and oxygen atoms in total. The minimum atomic E-state index is 0.718. The van der Waals surface area contributed by atoms with Crippen LogP contribution in [0, 0.1) is 25.2 Å². The molecule has 0 aliphatic heterocycles. The zero-order valence-corrected chi connectivity index (χ0v) is 8.73. The number of aromatic nitrogens is 2. The molecule has 0 aliphatic carbocycles. The summed E-state index contributed by atoms with van der Waals surface area (Å²) in [5, 5.41) is 8.81. The summed E-state index contributed by atoms with van der Waals surface area (Å²) >= 11 is 0. The van der Waals surface area contributed by atoms with Gasteiger partial charge in [0.25, 0.3) is 0 Å². The van der Waals surface area contributed by atoms with Crippen LogP contribution in [0.4, 0.5) is 0 Å². The Hall–Kier alpha value is -2.08. The Morgan fingerprint density at radius 3 is 2.67 bits per heavy atom. The van der Waals surface area contributed by atoms with Crippen molar-refractivity contribution in [1.29, 1.82) is 5.26 Å². The first-order valence-electron chi connectivity index (χ1n) is 4.72. The standard InChI is InChI=1S/C12H11N3/c1-9-5-12(4-3-11(9)6-13)15-7-10(2)14-8-15/h3-5,7-8H,1-2H3. The largest absolute Gasteiger partial charge is 0.306 e. The average Bonchev–Trinajstić information content (AvgIpc) is 2.65. The highest BCUT2D eigenvalue weighted by atomic mass is 15.0. The second-order valence-corrected chi connectivity index (χ2v) is 3.53. The van der Waals surface area contributed by atoms with Gasteiger partial charge in [-0.05, 0) is 37.6 Å². The molecule has 1 aromatic carbocycles. The van der Waals surface area contributed by atoms with Gasteiger partial charge in [-0.1, -0.05) is 0 Å². The van der Waals surface area contributed by atoms with Gasteiger partial charge in [-0.25, -0.2) is 4.98 Å². The van der Waals surface area contributed by atoms with Crippen LogP contribution in [-0.4, -0.2) is 9.55 Å². The van der Waals surface area contributed by atoms with Crippen LogP contribution in [0.1, 0.15) is 16.8 Å². The van der Waals surface area contributed by atoms with Gasteiger partial charge < -0.3 is 4.57 Å². The Morgan fingerprint density at radius 2 is 2.13 bits per heavy atom. The molecule has 0 unspecified atom stereocenters. The van der Waals surface area contributed by atoms with Gasteiger partial charge in [0.05, 0.1) is 23.7 Å². The number of hydrogen-bond donors (Lipinski definition) is 0. The van der Waals surface area contributed by atoms with Crippen molar-refractivity contribution in [3.63, 3.8) is 0 Å². The molecule has 0 amide bonds. The summed E-state index contributed by atoms with van der Waals surface area (Å²) < 4.78 is 1.95. The van der Waals surface area contributed by atoms with Gasteiger partial charge in [0.2, 0.25) is 0 Å². The molecule has 0 fully saturated rings. The molecule has 0 atom stereocenters. The lowest BCUT2D eigenvalue weighted by Crippen LogP contribution is -1.92. The normalized spacial score (nSPS) is 9.93. The summed E-state index contributed by atoms with van der Waals surface area (Å²) in [4.78, 5) is 4.16. The van der Waals surface area contributed by atoms with Crippen molar-refractivity contribution in [1.82, 2.24) is 9.55 Å². The van der Waals surface area contributed by atoms with Crippen molar-refractivity contribution in [3.05, 3.63) is 47.5 Å². The fourth-order valence-corrected chi connectivity index (χ4v) is 1.50. The van der Waals surface area contributed by atoms with E-state index < -0.39 is 0 Å². The van der Waals surface area contributed by atoms with Crippen molar-refractivity contribution >= 4 is 0 Å². The van der Waals surface area contributed by atoms with Crippen LogP contribution in [0.15, 0.2) is 30.7 Å². The molecule has 1 heterocycles. The van der Waals surface area contributed by atoms with Crippen molar-refractivity contribution < 1.29 is 0 Å². The van der Waals surface area contributed by atoms with Gasteiger partial charge in [0.15, 0.2) is 0 Å². The monoisotopic (exact) mass is 197 g/mol. The van der Waals surface area contributed by atoms with E-state index in [2.05, 4.69) is 11.1 Å². The third-order valence-electron chi connectivity index (χ3n) is 2.34. The molecule has 74 valence electrons. The molecule has 3 heteroatoms. The number of imidazole rings is 1. The van der Waals surface area contributed by atoms with Crippen LogP contribution in [0.25, 0.3) is 5.69 Å². The molecule has 0 saturated carbocycles. The van der Waals surface area contributed by atoms with Crippen molar-refractivity contribution in [2.24, 2.45) is 0 Å². The molecule has 1 aromatic heterocycles. The predicted molar refractivity (Wildman–Crippen MR) is 57.8 cm³/mol. The van der Waals surface area contributed by atoms with Crippen molar-refractivity contribution in [2.75, 3.05) is 0 Å². The summed E-state index contributed by atoms with van der Waals surface area (Å²) in [5.74, 6) is 0. The smallest absolute Gasteiger partial charge is 0.0995 e. The molecule has 0 spiro atoms. The maximum atomic E-state index is 8.81. The molecule has 2 rings (SSSR count). The third-order valence-corrected chi connectivity index (χ3v) is 2.34. The highest BCUT2D eigenvalue weighted by molar-refractivity contribution is 5.45. The zero-order chi connectivity index (χ0) is 10.8. The van der Waals surface area contributed by atoms with Crippen molar-refractivity contribution in [2.45, 2.75) is 13.8 Å². The van der Waals surface area contributed by atoms with Gasteiger partial charge in [0.1, 0.15) is 0 Å².